The van der Waals surface area contributed by atoms with Crippen LogP contribution < -0.4 is 5.32 Å². The largest absolute Gasteiger partial charge is 0.447 e. The van der Waals surface area contributed by atoms with Crippen LogP contribution in [0.1, 0.15) is 37.0 Å². The van der Waals surface area contributed by atoms with Crippen LogP contribution in [0.25, 0.3) is 0 Å². The molecule has 0 unspecified atom stereocenters. The summed E-state index contributed by atoms with van der Waals surface area (Å²) in [5.41, 5.74) is 0.879. The molecule has 9 nitrogen and oxygen atoms in total. The zero-order valence-electron chi connectivity index (χ0n) is 17.9. The lowest BCUT2D eigenvalue weighted by Gasteiger charge is -2.31. The number of nitro groups is 1. The number of esters is 1. The number of ether oxygens (including phenoxy) is 1. The molecule has 1 aliphatic heterocycles. The number of nitrogens with one attached hydrogen (secondary N) is 1. The molecule has 0 radical (unpaired) electrons. The smallest absolute Gasteiger partial charge is 0.311 e. The Kier molecular flexibility index (Phi) is 7.19. The number of piperidine rings is 1. The van der Waals surface area contributed by atoms with Gasteiger partial charge in [-0.1, -0.05) is 36.4 Å². The van der Waals surface area contributed by atoms with Gasteiger partial charge < -0.3 is 15.0 Å². The third-order valence-corrected chi connectivity index (χ3v) is 5.38. The number of rotatable bonds is 6. The average molecular weight is 439 g/mol. The number of anilines is 1. The molecule has 0 saturated carbocycles. The van der Waals surface area contributed by atoms with Crippen molar-refractivity contribution in [3.63, 3.8) is 0 Å². The van der Waals surface area contributed by atoms with Crippen LogP contribution in [0.3, 0.4) is 0 Å². The molecule has 2 aromatic rings. The number of carbonyl (C=O) groups is 3. The molecule has 0 aromatic heterocycles. The van der Waals surface area contributed by atoms with Crippen LogP contribution in [-0.2, 0) is 19.1 Å². The number of hydrogen-bond acceptors (Lipinski definition) is 6. The molecule has 32 heavy (non-hydrogen) atoms. The lowest BCUT2D eigenvalue weighted by molar-refractivity contribution is -0.384. The molecule has 1 saturated heterocycles. The van der Waals surface area contributed by atoms with Gasteiger partial charge in [0.15, 0.2) is 0 Å². The van der Waals surface area contributed by atoms with Crippen LogP contribution in [0.2, 0.25) is 0 Å². The zero-order chi connectivity index (χ0) is 23.3. The van der Waals surface area contributed by atoms with Crippen LogP contribution in [0.15, 0.2) is 48.5 Å². The van der Waals surface area contributed by atoms with Gasteiger partial charge in [-0.25, -0.2) is 0 Å². The van der Waals surface area contributed by atoms with E-state index in [1.165, 1.54) is 19.1 Å². The Bertz CT molecular complexity index is 1020. The van der Waals surface area contributed by atoms with Crippen LogP contribution in [-0.4, -0.2) is 40.7 Å². The van der Waals surface area contributed by atoms with E-state index in [0.717, 1.165) is 0 Å². The van der Waals surface area contributed by atoms with E-state index in [2.05, 4.69) is 5.32 Å². The predicted octanol–water partition coefficient (Wildman–Crippen LogP) is 3.38. The molecule has 1 N–H and O–H groups in total. The summed E-state index contributed by atoms with van der Waals surface area (Å²) in [6.07, 6.45) is -0.0796. The number of amides is 2. The molecule has 9 heteroatoms. The average Bonchev–Trinajstić information content (AvgIpc) is 2.78. The number of likely N-dealkylation sites (tertiary alicyclic amines) is 1. The summed E-state index contributed by atoms with van der Waals surface area (Å²) in [6.45, 7) is 3.98. The highest BCUT2D eigenvalue weighted by molar-refractivity contribution is 5.98. The van der Waals surface area contributed by atoms with Gasteiger partial charge in [0.05, 0.1) is 10.8 Å². The number of aryl methyl sites for hydroxylation is 1. The van der Waals surface area contributed by atoms with Crippen LogP contribution in [0, 0.1) is 23.0 Å². The molecule has 3 rings (SSSR count). The minimum Gasteiger partial charge on any atom is -0.447 e. The van der Waals surface area contributed by atoms with Crippen LogP contribution >= 0.6 is 0 Å². The molecule has 2 aromatic carbocycles. The summed E-state index contributed by atoms with van der Waals surface area (Å²) >= 11 is 0. The number of benzene rings is 2. The summed E-state index contributed by atoms with van der Waals surface area (Å²) in [6, 6.07) is 12.9. The standard InChI is InChI=1S/C23H25N3O6/c1-15-10-11-19(20(13-15)26(30)31)24-22(28)21(17-7-4-3-5-8-17)32-23(29)18-9-6-12-25(14-18)16(2)27/h3-5,7-8,10-11,13,18,21H,6,9,12,14H2,1-2H3,(H,24,28)/t18-,21-/m0/s1. The highest BCUT2D eigenvalue weighted by Gasteiger charge is 2.33. The molecule has 0 spiro atoms. The summed E-state index contributed by atoms with van der Waals surface area (Å²) in [4.78, 5) is 50.1. The molecule has 1 heterocycles. The second-order valence-electron chi connectivity index (χ2n) is 7.80. The Labute approximate surface area is 185 Å². The minimum absolute atomic E-state index is 0.0167. The van der Waals surface area contributed by atoms with Gasteiger partial charge >= 0.3 is 5.97 Å². The van der Waals surface area contributed by atoms with Gasteiger partial charge in [-0.2, -0.15) is 0 Å². The first kappa shape index (κ1) is 22.9. The van der Waals surface area contributed by atoms with Gasteiger partial charge in [0.2, 0.25) is 12.0 Å². The van der Waals surface area contributed by atoms with Gasteiger partial charge in [-0.15, -0.1) is 0 Å². The first-order valence-electron chi connectivity index (χ1n) is 10.3. The van der Waals surface area contributed by atoms with Gasteiger partial charge in [0.1, 0.15) is 5.69 Å². The van der Waals surface area contributed by atoms with Crippen molar-refractivity contribution in [2.75, 3.05) is 18.4 Å². The van der Waals surface area contributed by atoms with Crippen molar-refractivity contribution in [2.45, 2.75) is 32.8 Å². The van der Waals surface area contributed by atoms with E-state index >= 15 is 0 Å². The van der Waals surface area contributed by atoms with Crippen molar-refractivity contribution < 1.29 is 24.0 Å². The first-order valence-corrected chi connectivity index (χ1v) is 10.3. The number of carbonyl (C=O) groups excluding carboxylic acids is 3. The van der Waals surface area contributed by atoms with Crippen molar-refractivity contribution in [3.8, 4) is 0 Å². The maximum Gasteiger partial charge on any atom is 0.311 e. The fraction of sp³-hybridized carbons (Fsp3) is 0.348. The van der Waals surface area contributed by atoms with Crippen molar-refractivity contribution >= 4 is 29.2 Å². The Morgan fingerprint density at radius 2 is 1.91 bits per heavy atom. The molecular formula is C23H25N3O6. The SMILES string of the molecule is CC(=O)N1CCC[C@H](C(=O)O[C@H](C(=O)Nc2ccc(C)cc2[N+](=O)[O-])c2ccccc2)C1. The number of nitrogens with zero attached hydrogens (tertiary/aromatic N) is 2. The number of nitro benzene ring substituents is 1. The second kappa shape index (κ2) is 10.0. The molecule has 168 valence electrons. The van der Waals surface area contributed by atoms with Crippen molar-refractivity contribution in [2.24, 2.45) is 5.92 Å². The minimum atomic E-state index is -1.29. The van der Waals surface area contributed by atoms with Crippen molar-refractivity contribution in [1.29, 1.82) is 0 Å². The Hall–Kier alpha value is -3.75. The van der Waals surface area contributed by atoms with Gasteiger partial charge in [0, 0.05) is 31.6 Å². The maximum atomic E-state index is 13.1. The first-order chi connectivity index (χ1) is 15.3. The molecule has 2 atom stereocenters. The maximum absolute atomic E-state index is 13.1. The fourth-order valence-electron chi connectivity index (χ4n) is 3.67. The van der Waals surface area contributed by atoms with Crippen molar-refractivity contribution in [1.82, 2.24) is 4.90 Å². The Morgan fingerprint density at radius 1 is 1.19 bits per heavy atom. The quantitative estimate of drug-likeness (QED) is 0.419. The highest BCUT2D eigenvalue weighted by Crippen LogP contribution is 2.29. The van der Waals surface area contributed by atoms with E-state index in [1.54, 1.807) is 48.2 Å². The monoisotopic (exact) mass is 439 g/mol. The van der Waals surface area contributed by atoms with Crippen LogP contribution in [0.4, 0.5) is 11.4 Å². The molecule has 2 amide bonds. The van der Waals surface area contributed by atoms with E-state index in [-0.39, 0.29) is 23.8 Å². The highest BCUT2D eigenvalue weighted by atomic mass is 16.6. The summed E-state index contributed by atoms with van der Waals surface area (Å²) < 4.78 is 5.60. The second-order valence-corrected chi connectivity index (χ2v) is 7.80. The van der Waals surface area contributed by atoms with Gasteiger partial charge in [-0.3, -0.25) is 24.5 Å². The third kappa shape index (κ3) is 5.48. The van der Waals surface area contributed by atoms with E-state index in [0.29, 0.717) is 30.5 Å². The summed E-state index contributed by atoms with van der Waals surface area (Å²) in [7, 11) is 0. The topological polar surface area (TPSA) is 119 Å². The van der Waals surface area contributed by atoms with Crippen LogP contribution in [0.5, 0.6) is 0 Å². The lowest BCUT2D eigenvalue weighted by Crippen LogP contribution is -2.42. The summed E-state index contributed by atoms with van der Waals surface area (Å²) in [5.74, 6) is -1.94. The molecule has 1 fully saturated rings. The molecular weight excluding hydrogens is 414 g/mol. The molecule has 0 aliphatic carbocycles. The normalized spacial score (nSPS) is 16.7. The van der Waals surface area contributed by atoms with E-state index in [4.69, 9.17) is 4.74 Å². The van der Waals surface area contributed by atoms with Gasteiger partial charge in [-0.05, 0) is 31.4 Å². The fourth-order valence-corrected chi connectivity index (χ4v) is 3.67. The van der Waals surface area contributed by atoms with E-state index in [9.17, 15) is 24.5 Å². The third-order valence-electron chi connectivity index (χ3n) is 5.38. The zero-order valence-corrected chi connectivity index (χ0v) is 17.9. The predicted molar refractivity (Wildman–Crippen MR) is 117 cm³/mol. The summed E-state index contributed by atoms with van der Waals surface area (Å²) in [5, 5.41) is 13.9. The molecule has 1 aliphatic rings. The lowest BCUT2D eigenvalue weighted by atomic mass is 9.98. The molecule has 0 bridgehead atoms. The van der Waals surface area contributed by atoms with Crippen molar-refractivity contribution in [3.05, 3.63) is 69.8 Å². The Balaban J connectivity index is 1.82. The number of hydrogen-bond donors (Lipinski definition) is 1. The van der Waals surface area contributed by atoms with Gasteiger partial charge in [0.25, 0.3) is 11.6 Å². The Morgan fingerprint density at radius 3 is 2.56 bits per heavy atom. The van der Waals surface area contributed by atoms with E-state index < -0.39 is 28.8 Å². The van der Waals surface area contributed by atoms with E-state index in [1.807, 2.05) is 0 Å².